The molecule has 6 heteroatoms. The van der Waals surface area contributed by atoms with Crippen LogP contribution in [0.4, 0.5) is 9.41 Å². The van der Waals surface area contributed by atoms with Crippen molar-refractivity contribution in [3.05, 3.63) is 0 Å². The fraction of sp³-hybridized carbons (Fsp3) is 0. The molecule has 0 radical (unpaired) electrons. The Hall–Kier alpha value is -1.20. The Balaban J connectivity index is -0.000000125. The van der Waals surface area contributed by atoms with Crippen LogP contribution in [0.1, 0.15) is 0 Å². The van der Waals surface area contributed by atoms with Gasteiger partial charge in [0.1, 0.15) is 0 Å². The molecule has 0 atom stereocenters. The molecule has 0 saturated carbocycles. The smallest absolute Gasteiger partial charge is 0.306 e. The van der Waals surface area contributed by atoms with E-state index in [2.05, 4.69) is 11.5 Å². The highest BCUT2D eigenvalue weighted by Gasteiger charge is 1.96. The predicted octanol–water partition coefficient (Wildman–Crippen LogP) is -1.74. The fourth-order valence-electron chi connectivity index (χ4n) is 0. The Morgan fingerprint density at radius 1 is 0.875 bits per heavy atom. The van der Waals surface area contributed by atoms with Gasteiger partial charge in [-0.1, -0.05) is 0 Å². The average Bonchev–Trinajstić information content (AvgIpc) is 1.36. The predicted molar refractivity (Wildman–Crippen MR) is 23.4 cm³/mol. The lowest BCUT2D eigenvalue weighted by molar-refractivity contribution is -0.135. The molecule has 0 unspecified atom stereocenters. The molecular weight excluding hydrogens is 122 g/mol. The highest BCUT2D eigenvalue weighted by molar-refractivity contribution is 6.33. The van der Waals surface area contributed by atoms with Gasteiger partial charge in [0.25, 0.3) is 0 Å². The number of hydrogen-bond acceptors (Lipinski definition) is 2. The zero-order valence-electron chi connectivity index (χ0n) is 3.79. The lowest BCUT2D eigenvalue weighted by atomic mass is 10.6. The summed E-state index contributed by atoms with van der Waals surface area (Å²) in [5.74, 6) is -2.20. The first kappa shape index (κ1) is 15.8. The molecule has 0 rings (SSSR count). The van der Waals surface area contributed by atoms with Crippen LogP contribution < -0.4 is 11.5 Å². The largest absolute Gasteiger partial charge is 0.361 e. The van der Waals surface area contributed by atoms with Gasteiger partial charge in [-0.25, -0.2) is 0 Å². The molecule has 0 aromatic carbocycles. The Morgan fingerprint density at radius 3 is 1.00 bits per heavy atom. The topological polar surface area (TPSA) is 86.2 Å². The summed E-state index contributed by atoms with van der Waals surface area (Å²) in [6.45, 7) is 0. The van der Waals surface area contributed by atoms with Gasteiger partial charge in [0.15, 0.2) is 0 Å². The van der Waals surface area contributed by atoms with Crippen molar-refractivity contribution >= 4 is 11.8 Å². The van der Waals surface area contributed by atoms with E-state index in [-0.39, 0.29) is 9.41 Å². The monoisotopic (exact) mass is 128 g/mol. The van der Waals surface area contributed by atoms with E-state index >= 15 is 0 Å². The fourth-order valence-corrected chi connectivity index (χ4v) is 0. The van der Waals surface area contributed by atoms with Crippen LogP contribution in [0.2, 0.25) is 0 Å². The summed E-state index contributed by atoms with van der Waals surface area (Å²) in [5, 5.41) is 0. The molecule has 4 nitrogen and oxygen atoms in total. The minimum absolute atomic E-state index is 0. The van der Waals surface area contributed by atoms with Crippen LogP contribution in [-0.4, -0.2) is 11.8 Å². The third-order valence-electron chi connectivity index (χ3n) is 0.243. The second kappa shape index (κ2) is 5.80. The van der Waals surface area contributed by atoms with E-state index in [9.17, 15) is 9.59 Å². The van der Waals surface area contributed by atoms with Crippen molar-refractivity contribution < 1.29 is 19.0 Å². The van der Waals surface area contributed by atoms with Crippen molar-refractivity contribution in [1.29, 1.82) is 0 Å². The molecule has 0 aromatic heterocycles. The Bertz CT molecular complexity index is 82.0. The summed E-state index contributed by atoms with van der Waals surface area (Å²) in [4.78, 5) is 18.9. The van der Waals surface area contributed by atoms with E-state index in [4.69, 9.17) is 0 Å². The Kier molecular flexibility index (Phi) is 11.5. The molecule has 0 aromatic rings. The summed E-state index contributed by atoms with van der Waals surface area (Å²) in [6.07, 6.45) is 0. The molecule has 4 N–H and O–H groups in total. The van der Waals surface area contributed by atoms with Gasteiger partial charge in [0.2, 0.25) is 0 Å². The van der Waals surface area contributed by atoms with Crippen molar-refractivity contribution in [3.63, 3.8) is 0 Å². The van der Waals surface area contributed by atoms with E-state index in [0.29, 0.717) is 0 Å². The van der Waals surface area contributed by atoms with E-state index < -0.39 is 11.8 Å². The molecule has 50 valence electrons. The van der Waals surface area contributed by atoms with Gasteiger partial charge in [-0.2, -0.15) is 0 Å². The van der Waals surface area contributed by atoms with E-state index in [1.807, 2.05) is 0 Å². The van der Waals surface area contributed by atoms with Crippen molar-refractivity contribution in [2.75, 3.05) is 0 Å². The number of amides is 2. The molecular formula is C2H6F2N2O2. The number of hydrogen-bond donors (Lipinski definition) is 2. The van der Waals surface area contributed by atoms with Crippen molar-refractivity contribution in [2.24, 2.45) is 11.5 Å². The van der Waals surface area contributed by atoms with Crippen molar-refractivity contribution in [1.82, 2.24) is 0 Å². The number of nitrogens with two attached hydrogens (primary N) is 2. The molecule has 8 heavy (non-hydrogen) atoms. The number of primary amides is 2. The van der Waals surface area contributed by atoms with Gasteiger partial charge in [-0.3, -0.25) is 19.0 Å². The molecule has 0 saturated heterocycles. The second-order valence-corrected chi connectivity index (χ2v) is 0.729. The number of carbonyl (C=O) groups excluding carboxylic acids is 2. The van der Waals surface area contributed by atoms with Crippen LogP contribution in [-0.2, 0) is 9.59 Å². The normalized spacial score (nSPS) is 5.50. The molecule has 0 aliphatic carbocycles. The van der Waals surface area contributed by atoms with Gasteiger partial charge in [-0.05, 0) is 0 Å². The summed E-state index contributed by atoms with van der Waals surface area (Å²) in [6, 6.07) is 0. The molecule has 0 heterocycles. The van der Waals surface area contributed by atoms with Gasteiger partial charge < -0.3 is 11.5 Å². The minimum atomic E-state index is -1.10. The van der Waals surface area contributed by atoms with E-state index in [1.54, 1.807) is 0 Å². The maximum atomic E-state index is 9.45. The minimum Gasteiger partial charge on any atom is -0.361 e. The molecule has 0 aliphatic heterocycles. The molecule has 0 bridgehead atoms. The molecule has 0 fully saturated rings. The van der Waals surface area contributed by atoms with Crippen molar-refractivity contribution in [2.45, 2.75) is 0 Å². The van der Waals surface area contributed by atoms with Crippen LogP contribution in [0.3, 0.4) is 0 Å². The molecule has 2 amide bonds. The van der Waals surface area contributed by atoms with Gasteiger partial charge >= 0.3 is 11.8 Å². The summed E-state index contributed by atoms with van der Waals surface area (Å²) in [7, 11) is 0. The van der Waals surface area contributed by atoms with Crippen LogP contribution in [0.25, 0.3) is 0 Å². The number of halogens is 2. The lowest BCUT2D eigenvalue weighted by Gasteiger charge is -1.75. The lowest BCUT2D eigenvalue weighted by Crippen LogP contribution is -2.29. The maximum Gasteiger partial charge on any atom is 0.306 e. The zero-order chi connectivity index (χ0) is 5.15. The van der Waals surface area contributed by atoms with Crippen molar-refractivity contribution in [3.8, 4) is 0 Å². The first-order valence-corrected chi connectivity index (χ1v) is 1.24. The molecule has 0 spiro atoms. The summed E-state index contributed by atoms with van der Waals surface area (Å²) < 4.78 is 0. The maximum absolute atomic E-state index is 9.45. The Labute approximate surface area is 43.6 Å². The third kappa shape index (κ3) is 8.84. The zero-order valence-corrected chi connectivity index (χ0v) is 3.79. The van der Waals surface area contributed by atoms with Crippen LogP contribution in [0, 0.1) is 0 Å². The standard InChI is InChI=1S/C2H4N2O2.2FH/c3-1(5)2(4)6;;/h(H2,3,5)(H2,4,6);2*1H. The summed E-state index contributed by atoms with van der Waals surface area (Å²) in [5.41, 5.74) is 8.64. The van der Waals surface area contributed by atoms with Gasteiger partial charge in [0.05, 0.1) is 0 Å². The molecule has 0 aliphatic rings. The first-order valence-electron chi connectivity index (χ1n) is 1.24. The number of rotatable bonds is 0. The number of carbonyl (C=O) groups is 2. The third-order valence-corrected chi connectivity index (χ3v) is 0.243. The first-order chi connectivity index (χ1) is 2.64. The summed E-state index contributed by atoms with van der Waals surface area (Å²) >= 11 is 0. The second-order valence-electron chi connectivity index (χ2n) is 0.729. The van der Waals surface area contributed by atoms with Crippen LogP contribution in [0.5, 0.6) is 0 Å². The van der Waals surface area contributed by atoms with Crippen LogP contribution >= 0.6 is 0 Å². The van der Waals surface area contributed by atoms with E-state index in [1.165, 1.54) is 0 Å². The quantitative estimate of drug-likeness (QED) is 0.379. The van der Waals surface area contributed by atoms with E-state index in [0.717, 1.165) is 0 Å². The SMILES string of the molecule is F.F.NC(=O)C(N)=O. The van der Waals surface area contributed by atoms with Gasteiger partial charge in [0, 0.05) is 0 Å². The average molecular weight is 128 g/mol. The highest BCUT2D eigenvalue weighted by Crippen LogP contribution is 1.44. The van der Waals surface area contributed by atoms with Gasteiger partial charge in [-0.15, -0.1) is 0 Å². The highest BCUT2D eigenvalue weighted by atomic mass is 19.0. The van der Waals surface area contributed by atoms with Crippen LogP contribution in [0.15, 0.2) is 0 Å². The Morgan fingerprint density at radius 2 is 1.00 bits per heavy atom.